The topological polar surface area (TPSA) is 78.6 Å². The van der Waals surface area contributed by atoms with Gasteiger partial charge < -0.3 is 9.57 Å². The average molecular weight is 343 g/mol. The molecule has 1 spiro atoms. The lowest BCUT2D eigenvalue weighted by atomic mass is 9.70. The van der Waals surface area contributed by atoms with E-state index in [0.29, 0.717) is 18.1 Å². The van der Waals surface area contributed by atoms with Gasteiger partial charge in [-0.05, 0) is 67.7 Å². The molecule has 0 bridgehead atoms. The molecule has 0 heterocycles. The first kappa shape index (κ1) is 16.7. The van der Waals surface area contributed by atoms with Crippen LogP contribution in [0.5, 0.6) is 5.75 Å². The summed E-state index contributed by atoms with van der Waals surface area (Å²) in [6, 6.07) is 5.59. The minimum atomic E-state index is -0.648. The van der Waals surface area contributed by atoms with E-state index in [9.17, 15) is 9.59 Å². The average Bonchev–Trinajstić information content (AvgIpc) is 3.44. The summed E-state index contributed by atoms with van der Waals surface area (Å²) in [6.07, 6.45) is 6.01. The Kier molecular flexibility index (Phi) is 4.16. The summed E-state index contributed by atoms with van der Waals surface area (Å²) in [6.45, 7) is 0. The van der Waals surface area contributed by atoms with E-state index in [1.807, 2.05) is 12.1 Å². The zero-order valence-corrected chi connectivity index (χ0v) is 14.6. The number of hydrogen-bond donors (Lipinski definition) is 1. The van der Waals surface area contributed by atoms with Crippen LogP contribution in [0.4, 0.5) is 0 Å². The van der Waals surface area contributed by atoms with Gasteiger partial charge in [-0.25, -0.2) is 0 Å². The van der Waals surface area contributed by atoms with Crippen molar-refractivity contribution in [2.45, 2.75) is 62.9 Å². The first-order valence-electron chi connectivity index (χ1n) is 9.18. The van der Waals surface area contributed by atoms with E-state index in [1.165, 1.54) is 0 Å². The predicted octanol–water partition coefficient (Wildman–Crippen LogP) is 3.02. The van der Waals surface area contributed by atoms with Crippen LogP contribution in [0.3, 0.4) is 0 Å². The number of carbonyl (C=O) groups is 2. The molecule has 1 atom stereocenters. The summed E-state index contributed by atoms with van der Waals surface area (Å²) in [5.41, 5.74) is 1.46. The lowest BCUT2D eigenvalue weighted by Crippen LogP contribution is -2.35. The van der Waals surface area contributed by atoms with Crippen LogP contribution >= 0.6 is 0 Å². The monoisotopic (exact) mass is 343 g/mol. The lowest BCUT2D eigenvalue weighted by molar-refractivity contribution is -0.130. The van der Waals surface area contributed by atoms with Crippen molar-refractivity contribution >= 4 is 11.6 Å². The highest BCUT2D eigenvalue weighted by molar-refractivity contribution is 6.16. The van der Waals surface area contributed by atoms with Crippen molar-refractivity contribution < 1.29 is 19.2 Å². The number of rotatable bonds is 4. The molecule has 0 aliphatic heterocycles. The van der Waals surface area contributed by atoms with E-state index in [4.69, 9.17) is 15.5 Å². The van der Waals surface area contributed by atoms with Crippen molar-refractivity contribution in [3.8, 4) is 5.75 Å². The highest BCUT2D eigenvalue weighted by Crippen LogP contribution is 2.53. The van der Waals surface area contributed by atoms with Crippen LogP contribution < -0.4 is 10.7 Å². The quantitative estimate of drug-likeness (QED) is 0.671. The fourth-order valence-electron chi connectivity index (χ4n) is 4.73. The summed E-state index contributed by atoms with van der Waals surface area (Å²) in [5, 5.41) is 0. The minimum Gasteiger partial charge on any atom is -0.412 e. The fourth-order valence-corrected chi connectivity index (χ4v) is 4.73. The largest absolute Gasteiger partial charge is 0.412 e. The van der Waals surface area contributed by atoms with Crippen LogP contribution in [0.2, 0.25) is 0 Å². The lowest BCUT2D eigenvalue weighted by Gasteiger charge is -2.35. The van der Waals surface area contributed by atoms with Crippen LogP contribution in [0.15, 0.2) is 18.2 Å². The Labute approximate surface area is 147 Å². The van der Waals surface area contributed by atoms with Gasteiger partial charge in [0.05, 0.1) is 6.10 Å². The number of nitrogens with two attached hydrogens (primary N) is 1. The second-order valence-electron chi connectivity index (χ2n) is 7.84. The van der Waals surface area contributed by atoms with Crippen LogP contribution in [0.25, 0.3) is 0 Å². The number of ether oxygens (including phenoxy) is 1. The number of ketones is 2. The first-order valence-corrected chi connectivity index (χ1v) is 9.18. The Morgan fingerprint density at radius 1 is 1.08 bits per heavy atom. The normalized spacial score (nSPS) is 32.4. The smallest absolute Gasteiger partial charge is 0.154 e. The third-order valence-electron chi connectivity index (χ3n) is 6.37. The summed E-state index contributed by atoms with van der Waals surface area (Å²) in [7, 11) is 1.72. The third-order valence-corrected chi connectivity index (χ3v) is 6.37. The van der Waals surface area contributed by atoms with E-state index in [2.05, 4.69) is 0 Å². The number of hydrogen-bond acceptors (Lipinski definition) is 5. The molecule has 1 aromatic carbocycles. The number of benzene rings is 1. The molecule has 0 saturated heterocycles. The van der Waals surface area contributed by atoms with Crippen molar-refractivity contribution in [1.29, 1.82) is 0 Å². The first-order chi connectivity index (χ1) is 12.1. The molecular formula is C20H25NO4. The van der Waals surface area contributed by atoms with Gasteiger partial charge in [0.15, 0.2) is 5.78 Å². The number of methoxy groups -OCH3 is 1. The van der Waals surface area contributed by atoms with Crippen LogP contribution in [0.1, 0.15) is 67.9 Å². The molecule has 5 nitrogen and oxygen atoms in total. The Morgan fingerprint density at radius 3 is 2.40 bits per heavy atom. The zero-order valence-electron chi connectivity index (χ0n) is 14.6. The molecular weight excluding hydrogens is 318 g/mol. The molecule has 4 rings (SSSR count). The molecule has 3 saturated carbocycles. The SMILES string of the molecule is COC1CCC2(CC1)CC(=O)C(c1cc(ON)ccc1C1CC1)C2=O. The van der Waals surface area contributed by atoms with Gasteiger partial charge in [-0.1, -0.05) is 6.07 Å². The summed E-state index contributed by atoms with van der Waals surface area (Å²) >= 11 is 0. The Morgan fingerprint density at radius 2 is 1.80 bits per heavy atom. The van der Waals surface area contributed by atoms with Gasteiger partial charge in [0.25, 0.3) is 0 Å². The molecule has 134 valence electrons. The predicted molar refractivity (Wildman–Crippen MR) is 92.3 cm³/mol. The van der Waals surface area contributed by atoms with E-state index < -0.39 is 11.3 Å². The fraction of sp³-hybridized carbons (Fsp3) is 0.600. The highest BCUT2D eigenvalue weighted by atomic mass is 16.6. The van der Waals surface area contributed by atoms with Crippen molar-refractivity contribution in [1.82, 2.24) is 0 Å². The zero-order chi connectivity index (χ0) is 17.6. The van der Waals surface area contributed by atoms with Crippen LogP contribution in [-0.4, -0.2) is 24.8 Å². The highest BCUT2D eigenvalue weighted by Gasteiger charge is 2.54. The van der Waals surface area contributed by atoms with E-state index >= 15 is 0 Å². The van der Waals surface area contributed by atoms with Crippen LogP contribution in [0, 0.1) is 5.41 Å². The van der Waals surface area contributed by atoms with Gasteiger partial charge in [-0.15, -0.1) is 0 Å². The van der Waals surface area contributed by atoms with Gasteiger partial charge in [-0.3, -0.25) is 9.59 Å². The van der Waals surface area contributed by atoms with Gasteiger partial charge in [0.1, 0.15) is 17.5 Å². The van der Waals surface area contributed by atoms with Gasteiger partial charge in [-0.2, -0.15) is 5.90 Å². The molecule has 0 radical (unpaired) electrons. The van der Waals surface area contributed by atoms with Gasteiger partial charge in [0.2, 0.25) is 0 Å². The number of carbonyl (C=O) groups excluding carboxylic acids is 2. The molecule has 2 N–H and O–H groups in total. The maximum atomic E-state index is 13.3. The molecule has 3 aliphatic rings. The summed E-state index contributed by atoms with van der Waals surface area (Å²) in [5.74, 6) is 5.78. The Hall–Kier alpha value is -1.72. The minimum absolute atomic E-state index is 0.0527. The van der Waals surface area contributed by atoms with Crippen molar-refractivity contribution in [3.05, 3.63) is 29.3 Å². The second-order valence-corrected chi connectivity index (χ2v) is 7.84. The Bertz CT molecular complexity index is 702. The van der Waals surface area contributed by atoms with Crippen molar-refractivity contribution in [2.75, 3.05) is 7.11 Å². The summed E-state index contributed by atoms with van der Waals surface area (Å²) in [4.78, 5) is 31.1. The molecule has 0 amide bonds. The van der Waals surface area contributed by atoms with E-state index in [-0.39, 0.29) is 17.7 Å². The Balaban J connectivity index is 1.67. The van der Waals surface area contributed by atoms with Crippen molar-refractivity contribution in [2.24, 2.45) is 11.3 Å². The maximum Gasteiger partial charge on any atom is 0.154 e. The van der Waals surface area contributed by atoms with E-state index in [0.717, 1.165) is 49.7 Å². The van der Waals surface area contributed by atoms with Crippen LogP contribution in [-0.2, 0) is 14.3 Å². The van der Waals surface area contributed by atoms with E-state index in [1.54, 1.807) is 13.2 Å². The third kappa shape index (κ3) is 2.79. The molecule has 5 heteroatoms. The van der Waals surface area contributed by atoms with Crippen molar-refractivity contribution in [3.63, 3.8) is 0 Å². The molecule has 0 aromatic heterocycles. The standard InChI is InChI=1S/C20H25NO4/c1-24-13-6-8-20(9-7-13)11-17(22)18(19(20)23)16-10-14(25-21)4-5-15(16)12-2-3-12/h4-5,10,12-13,18H,2-3,6-9,11,21H2,1H3. The molecule has 1 aromatic rings. The molecule has 3 aliphatic carbocycles. The second kappa shape index (κ2) is 6.22. The van der Waals surface area contributed by atoms with Gasteiger partial charge in [0, 0.05) is 18.9 Å². The maximum absolute atomic E-state index is 13.3. The molecule has 3 fully saturated rings. The number of Topliss-reactive ketones (excluding diaryl/α,β-unsaturated/α-hetero) is 2. The molecule has 25 heavy (non-hydrogen) atoms. The molecule has 1 unspecified atom stereocenters. The van der Waals surface area contributed by atoms with Gasteiger partial charge >= 0.3 is 0 Å². The summed E-state index contributed by atoms with van der Waals surface area (Å²) < 4.78 is 5.43.